The summed E-state index contributed by atoms with van der Waals surface area (Å²) in [4.78, 5) is 33.2. The van der Waals surface area contributed by atoms with Crippen LogP contribution in [0.5, 0.6) is 5.88 Å². The Hall–Kier alpha value is -2.18. The zero-order valence-corrected chi connectivity index (χ0v) is 11.7. The maximum atomic E-state index is 12.4. The first-order chi connectivity index (χ1) is 10.2. The van der Waals surface area contributed by atoms with Gasteiger partial charge in [-0.25, -0.2) is 9.97 Å². The lowest BCUT2D eigenvalue weighted by atomic mass is 9.98. The number of aromatic nitrogens is 2. The minimum absolute atomic E-state index is 0.0259. The fourth-order valence-corrected chi connectivity index (χ4v) is 2.75. The molecule has 2 atom stereocenters. The molecule has 1 N–H and O–H groups in total. The van der Waals surface area contributed by atoms with Crippen LogP contribution in [0, 0.1) is 5.92 Å². The third-order valence-electron chi connectivity index (χ3n) is 3.91. The van der Waals surface area contributed by atoms with Crippen LogP contribution in [0.2, 0.25) is 0 Å². The lowest BCUT2D eigenvalue weighted by Crippen LogP contribution is -2.44. The zero-order chi connectivity index (χ0) is 14.7. The highest BCUT2D eigenvalue weighted by atomic mass is 16.5. The van der Waals surface area contributed by atoms with Gasteiger partial charge in [0.2, 0.25) is 17.7 Å². The second kappa shape index (κ2) is 6.07. The van der Waals surface area contributed by atoms with Gasteiger partial charge in [-0.05, 0) is 6.42 Å². The Morgan fingerprint density at radius 1 is 1.43 bits per heavy atom. The van der Waals surface area contributed by atoms with Crippen molar-refractivity contribution in [3.05, 3.63) is 18.6 Å². The van der Waals surface area contributed by atoms with Crippen molar-refractivity contribution in [3.8, 4) is 5.88 Å². The lowest BCUT2D eigenvalue weighted by molar-refractivity contribution is -0.136. The van der Waals surface area contributed by atoms with Crippen LogP contribution in [0.25, 0.3) is 0 Å². The summed E-state index contributed by atoms with van der Waals surface area (Å²) in [6, 6.07) is 1.71. The lowest BCUT2D eigenvalue weighted by Gasteiger charge is -2.26. The van der Waals surface area contributed by atoms with Crippen LogP contribution in [-0.4, -0.2) is 52.4 Å². The minimum Gasteiger partial charge on any atom is -0.472 e. The van der Waals surface area contributed by atoms with Crippen molar-refractivity contribution in [1.82, 2.24) is 20.2 Å². The molecule has 2 aliphatic rings. The van der Waals surface area contributed by atoms with Crippen molar-refractivity contribution in [2.75, 3.05) is 19.6 Å². The predicted octanol–water partition coefficient (Wildman–Crippen LogP) is -0.0175. The van der Waals surface area contributed by atoms with Crippen molar-refractivity contribution in [2.24, 2.45) is 5.92 Å². The van der Waals surface area contributed by atoms with Gasteiger partial charge < -0.3 is 15.0 Å². The normalized spacial score (nSPS) is 25.5. The number of amides is 2. The summed E-state index contributed by atoms with van der Waals surface area (Å²) in [6.45, 7) is 1.72. The van der Waals surface area contributed by atoms with E-state index in [-0.39, 0.29) is 23.8 Å². The highest BCUT2D eigenvalue weighted by molar-refractivity contribution is 5.83. The van der Waals surface area contributed by atoms with Gasteiger partial charge in [-0.2, -0.15) is 0 Å². The molecule has 3 heterocycles. The highest BCUT2D eigenvalue weighted by Crippen LogP contribution is 2.20. The number of ether oxygens (including phenoxy) is 1. The molecule has 2 fully saturated rings. The average molecular weight is 290 g/mol. The van der Waals surface area contributed by atoms with Gasteiger partial charge in [0.25, 0.3) is 0 Å². The van der Waals surface area contributed by atoms with Crippen LogP contribution >= 0.6 is 0 Å². The molecule has 21 heavy (non-hydrogen) atoms. The number of hydrogen-bond acceptors (Lipinski definition) is 5. The molecule has 7 heteroatoms. The Labute approximate surface area is 122 Å². The molecule has 0 aliphatic carbocycles. The van der Waals surface area contributed by atoms with Gasteiger partial charge in [0, 0.05) is 38.2 Å². The molecule has 0 saturated carbocycles. The maximum absolute atomic E-state index is 12.4. The van der Waals surface area contributed by atoms with Crippen LogP contribution in [0.3, 0.4) is 0 Å². The monoisotopic (exact) mass is 290 g/mol. The van der Waals surface area contributed by atoms with Gasteiger partial charge in [0.05, 0.1) is 12.5 Å². The van der Waals surface area contributed by atoms with E-state index < -0.39 is 0 Å². The number of carbonyl (C=O) groups is 2. The topological polar surface area (TPSA) is 84.4 Å². The molecule has 2 saturated heterocycles. The van der Waals surface area contributed by atoms with Crippen LogP contribution < -0.4 is 10.1 Å². The molecule has 3 rings (SSSR count). The van der Waals surface area contributed by atoms with Crippen molar-refractivity contribution < 1.29 is 14.3 Å². The summed E-state index contributed by atoms with van der Waals surface area (Å²) in [5, 5.41) is 2.75. The van der Waals surface area contributed by atoms with E-state index in [1.165, 1.54) is 6.33 Å². The molecule has 7 nitrogen and oxygen atoms in total. The summed E-state index contributed by atoms with van der Waals surface area (Å²) in [5.74, 6) is 0.587. The second-order valence-electron chi connectivity index (χ2n) is 5.40. The van der Waals surface area contributed by atoms with E-state index >= 15 is 0 Å². The first-order valence-electron chi connectivity index (χ1n) is 7.20. The molecule has 0 radical (unpaired) electrons. The Balaban J connectivity index is 1.52. The highest BCUT2D eigenvalue weighted by Gasteiger charge is 2.33. The number of piperidine rings is 1. The largest absolute Gasteiger partial charge is 0.472 e. The Morgan fingerprint density at radius 3 is 3.05 bits per heavy atom. The van der Waals surface area contributed by atoms with Crippen LogP contribution in [-0.2, 0) is 9.59 Å². The number of nitrogens with zero attached hydrogens (tertiary/aromatic N) is 3. The summed E-state index contributed by atoms with van der Waals surface area (Å²) < 4.78 is 5.75. The Morgan fingerprint density at radius 2 is 2.33 bits per heavy atom. The van der Waals surface area contributed by atoms with E-state index in [1.54, 1.807) is 12.3 Å². The molecular weight excluding hydrogens is 272 g/mol. The third-order valence-corrected chi connectivity index (χ3v) is 3.91. The van der Waals surface area contributed by atoms with Crippen molar-refractivity contribution in [1.29, 1.82) is 0 Å². The molecular formula is C14H18N4O3. The van der Waals surface area contributed by atoms with E-state index in [4.69, 9.17) is 4.74 Å². The van der Waals surface area contributed by atoms with Crippen LogP contribution in [0.15, 0.2) is 18.6 Å². The Kier molecular flexibility index (Phi) is 3.98. The summed E-state index contributed by atoms with van der Waals surface area (Å²) in [5.41, 5.74) is 0. The maximum Gasteiger partial charge on any atom is 0.227 e. The molecule has 0 bridgehead atoms. The predicted molar refractivity (Wildman–Crippen MR) is 73.4 cm³/mol. The van der Waals surface area contributed by atoms with E-state index in [2.05, 4.69) is 15.3 Å². The van der Waals surface area contributed by atoms with Gasteiger partial charge in [-0.15, -0.1) is 0 Å². The number of likely N-dealkylation sites (tertiary alicyclic amines) is 1. The van der Waals surface area contributed by atoms with Gasteiger partial charge >= 0.3 is 0 Å². The third kappa shape index (κ3) is 3.29. The molecule has 0 spiro atoms. The summed E-state index contributed by atoms with van der Waals surface area (Å²) in [6.07, 6.45) is 4.92. The average Bonchev–Trinajstić information content (AvgIpc) is 2.97. The number of rotatable bonds is 3. The molecule has 0 aromatic carbocycles. The summed E-state index contributed by atoms with van der Waals surface area (Å²) in [7, 11) is 0. The molecule has 1 aromatic rings. The van der Waals surface area contributed by atoms with E-state index in [9.17, 15) is 9.59 Å². The Bertz CT molecular complexity index is 512. The van der Waals surface area contributed by atoms with E-state index in [0.29, 0.717) is 38.4 Å². The summed E-state index contributed by atoms with van der Waals surface area (Å²) >= 11 is 0. The van der Waals surface area contributed by atoms with E-state index in [1.807, 2.05) is 4.90 Å². The number of nitrogens with one attached hydrogen (secondary N) is 1. The number of hydrogen-bond donors (Lipinski definition) is 1. The minimum atomic E-state index is -0.0968. The molecule has 112 valence electrons. The number of carbonyl (C=O) groups excluding carboxylic acids is 2. The van der Waals surface area contributed by atoms with Gasteiger partial charge in [0.1, 0.15) is 12.4 Å². The molecule has 2 amide bonds. The second-order valence-corrected chi connectivity index (χ2v) is 5.40. The van der Waals surface area contributed by atoms with E-state index in [0.717, 1.165) is 6.42 Å². The molecule has 1 aromatic heterocycles. The standard InChI is InChI=1S/C14H18N4O3/c19-12-2-1-10(7-16-12)14(20)18-6-4-11(8-18)21-13-3-5-15-9-17-13/h3,5,9-11H,1-2,4,6-8H2,(H,16,19). The van der Waals surface area contributed by atoms with Crippen molar-refractivity contribution in [3.63, 3.8) is 0 Å². The quantitative estimate of drug-likeness (QED) is 0.846. The zero-order valence-electron chi connectivity index (χ0n) is 11.7. The first kappa shape index (κ1) is 13.8. The first-order valence-corrected chi connectivity index (χ1v) is 7.20. The fraction of sp³-hybridized carbons (Fsp3) is 0.571. The van der Waals surface area contributed by atoms with Crippen molar-refractivity contribution >= 4 is 11.8 Å². The van der Waals surface area contributed by atoms with Crippen LogP contribution in [0.4, 0.5) is 0 Å². The van der Waals surface area contributed by atoms with Gasteiger partial charge in [0.15, 0.2) is 0 Å². The fourth-order valence-electron chi connectivity index (χ4n) is 2.75. The van der Waals surface area contributed by atoms with Gasteiger partial charge in [-0.1, -0.05) is 0 Å². The van der Waals surface area contributed by atoms with Crippen LogP contribution in [0.1, 0.15) is 19.3 Å². The van der Waals surface area contributed by atoms with Crippen molar-refractivity contribution in [2.45, 2.75) is 25.4 Å². The SMILES string of the molecule is O=C1CCC(C(=O)N2CCC(Oc3ccncn3)C2)CN1. The molecule has 2 aliphatic heterocycles. The molecule has 2 unspecified atom stereocenters. The van der Waals surface area contributed by atoms with Gasteiger partial charge in [-0.3, -0.25) is 9.59 Å². The smallest absolute Gasteiger partial charge is 0.227 e.